The molecule has 6 nitrogen and oxygen atoms in total. The maximum atomic E-state index is 11.3. The fraction of sp³-hybridized carbons (Fsp3) is 0.467. The van der Waals surface area contributed by atoms with Crippen molar-refractivity contribution in [1.82, 2.24) is 5.32 Å². The van der Waals surface area contributed by atoms with Gasteiger partial charge in [0.05, 0.1) is 19.2 Å². The van der Waals surface area contributed by atoms with Gasteiger partial charge in [-0.1, -0.05) is 12.1 Å². The molecule has 0 aliphatic heterocycles. The van der Waals surface area contributed by atoms with E-state index in [-0.39, 0.29) is 5.97 Å². The summed E-state index contributed by atoms with van der Waals surface area (Å²) in [6, 6.07) is 7.08. The van der Waals surface area contributed by atoms with Crippen molar-refractivity contribution in [2.75, 3.05) is 26.9 Å². The molecular weight excluding hydrogens is 270 g/mol. The molecule has 0 aliphatic carbocycles. The van der Waals surface area contributed by atoms with Gasteiger partial charge in [0.15, 0.2) is 5.96 Å². The van der Waals surface area contributed by atoms with Crippen molar-refractivity contribution in [3.05, 3.63) is 35.4 Å². The summed E-state index contributed by atoms with van der Waals surface area (Å²) in [7, 11) is 1.36. The van der Waals surface area contributed by atoms with Crippen LogP contribution in [0.15, 0.2) is 29.3 Å². The van der Waals surface area contributed by atoms with Crippen LogP contribution in [0.1, 0.15) is 29.3 Å². The Labute approximate surface area is 125 Å². The molecule has 21 heavy (non-hydrogen) atoms. The van der Waals surface area contributed by atoms with E-state index in [1.807, 2.05) is 19.1 Å². The average molecular weight is 293 g/mol. The van der Waals surface area contributed by atoms with E-state index in [0.717, 1.165) is 25.1 Å². The van der Waals surface area contributed by atoms with E-state index in [1.165, 1.54) is 7.11 Å². The Morgan fingerprint density at radius 2 is 2.05 bits per heavy atom. The van der Waals surface area contributed by atoms with Crippen molar-refractivity contribution >= 4 is 11.9 Å². The topological polar surface area (TPSA) is 85.9 Å². The Morgan fingerprint density at radius 1 is 1.33 bits per heavy atom. The second-order valence-electron chi connectivity index (χ2n) is 4.37. The lowest BCUT2D eigenvalue weighted by atomic mass is 10.1. The number of guanidine groups is 1. The van der Waals surface area contributed by atoms with Gasteiger partial charge in [-0.2, -0.15) is 0 Å². The highest BCUT2D eigenvalue weighted by atomic mass is 16.5. The number of ether oxygens (including phenoxy) is 2. The number of aliphatic imine (C=N–C) groups is 1. The standard InChI is InChI=1S/C15H23N3O3/c1-3-21-10-4-9-17-15(16)18-11-12-5-7-13(8-6-12)14(19)20-2/h5-8H,3-4,9-11H2,1-2H3,(H3,16,17,18). The molecule has 6 heteroatoms. The lowest BCUT2D eigenvalue weighted by molar-refractivity contribution is 0.0600. The number of hydrogen-bond donors (Lipinski definition) is 2. The predicted octanol–water partition coefficient (Wildman–Crippen LogP) is 1.30. The maximum absolute atomic E-state index is 11.3. The lowest BCUT2D eigenvalue weighted by Crippen LogP contribution is -2.32. The minimum absolute atomic E-state index is 0.347. The van der Waals surface area contributed by atoms with Crippen LogP contribution in [0.25, 0.3) is 0 Å². The first-order valence-corrected chi connectivity index (χ1v) is 6.96. The molecule has 0 atom stereocenters. The number of carbonyl (C=O) groups excluding carboxylic acids is 1. The summed E-state index contributed by atoms with van der Waals surface area (Å²) in [4.78, 5) is 15.5. The first-order valence-electron chi connectivity index (χ1n) is 6.96. The number of rotatable bonds is 8. The van der Waals surface area contributed by atoms with Crippen LogP contribution in [-0.4, -0.2) is 38.8 Å². The lowest BCUT2D eigenvalue weighted by Gasteiger charge is -2.06. The smallest absolute Gasteiger partial charge is 0.337 e. The van der Waals surface area contributed by atoms with E-state index in [0.29, 0.717) is 24.7 Å². The molecule has 1 rings (SSSR count). The zero-order chi connectivity index (χ0) is 15.5. The van der Waals surface area contributed by atoms with Crippen LogP contribution < -0.4 is 11.1 Å². The molecule has 0 saturated heterocycles. The normalized spacial score (nSPS) is 11.2. The van der Waals surface area contributed by atoms with Gasteiger partial charge in [0.25, 0.3) is 0 Å². The summed E-state index contributed by atoms with van der Waals surface area (Å²) in [5.74, 6) is 0.0593. The fourth-order valence-electron chi connectivity index (χ4n) is 1.63. The Kier molecular flexibility index (Phi) is 7.89. The zero-order valence-electron chi connectivity index (χ0n) is 12.6. The number of nitrogens with one attached hydrogen (secondary N) is 1. The molecule has 0 aliphatic rings. The quantitative estimate of drug-likeness (QED) is 0.326. The summed E-state index contributed by atoms with van der Waals surface area (Å²) in [5.41, 5.74) is 7.25. The summed E-state index contributed by atoms with van der Waals surface area (Å²) in [5, 5.41) is 3.02. The highest BCUT2D eigenvalue weighted by molar-refractivity contribution is 5.89. The van der Waals surface area contributed by atoms with Gasteiger partial charge in [0.2, 0.25) is 0 Å². The molecule has 0 radical (unpaired) electrons. The highest BCUT2D eigenvalue weighted by Crippen LogP contribution is 2.06. The van der Waals surface area contributed by atoms with Crippen LogP contribution in [0, 0.1) is 0 Å². The number of nitrogens with zero attached hydrogens (tertiary/aromatic N) is 1. The second-order valence-corrected chi connectivity index (χ2v) is 4.37. The Bertz CT molecular complexity index is 458. The van der Waals surface area contributed by atoms with Crippen molar-refractivity contribution in [1.29, 1.82) is 0 Å². The van der Waals surface area contributed by atoms with E-state index in [1.54, 1.807) is 12.1 Å². The number of benzene rings is 1. The average Bonchev–Trinajstić information content (AvgIpc) is 2.52. The van der Waals surface area contributed by atoms with Crippen LogP contribution in [0.3, 0.4) is 0 Å². The minimum atomic E-state index is -0.347. The van der Waals surface area contributed by atoms with Crippen LogP contribution in [0.4, 0.5) is 0 Å². The van der Waals surface area contributed by atoms with Crippen molar-refractivity contribution in [3.8, 4) is 0 Å². The maximum Gasteiger partial charge on any atom is 0.337 e. The summed E-state index contributed by atoms with van der Waals surface area (Å²) in [6.45, 7) is 4.61. The monoisotopic (exact) mass is 293 g/mol. The van der Waals surface area contributed by atoms with Crippen molar-refractivity contribution in [3.63, 3.8) is 0 Å². The number of nitrogens with two attached hydrogens (primary N) is 1. The van der Waals surface area contributed by atoms with Gasteiger partial charge in [-0.15, -0.1) is 0 Å². The van der Waals surface area contributed by atoms with Crippen LogP contribution in [0.2, 0.25) is 0 Å². The first kappa shape index (κ1) is 17.0. The van der Waals surface area contributed by atoms with Crippen molar-refractivity contribution in [2.24, 2.45) is 10.7 Å². The van der Waals surface area contributed by atoms with Gasteiger partial charge in [-0.25, -0.2) is 9.79 Å². The van der Waals surface area contributed by atoms with Gasteiger partial charge < -0.3 is 20.5 Å². The van der Waals surface area contributed by atoms with Gasteiger partial charge in [-0.3, -0.25) is 0 Å². The second kappa shape index (κ2) is 9.77. The van der Waals surface area contributed by atoms with E-state index >= 15 is 0 Å². The molecule has 0 heterocycles. The van der Waals surface area contributed by atoms with Crippen molar-refractivity contribution < 1.29 is 14.3 Å². The van der Waals surface area contributed by atoms with Crippen LogP contribution in [-0.2, 0) is 16.0 Å². The third-order valence-electron chi connectivity index (χ3n) is 2.78. The zero-order valence-corrected chi connectivity index (χ0v) is 12.6. The van der Waals surface area contributed by atoms with Crippen molar-refractivity contribution in [2.45, 2.75) is 19.9 Å². The molecule has 0 aromatic heterocycles. The molecule has 1 aromatic carbocycles. The summed E-state index contributed by atoms with van der Waals surface area (Å²) in [6.07, 6.45) is 0.887. The molecule has 0 unspecified atom stereocenters. The van der Waals surface area contributed by atoms with E-state index in [2.05, 4.69) is 15.0 Å². The summed E-state index contributed by atoms with van der Waals surface area (Å²) < 4.78 is 9.87. The first-order chi connectivity index (χ1) is 10.2. The molecule has 0 amide bonds. The van der Waals surface area contributed by atoms with Crippen LogP contribution in [0.5, 0.6) is 0 Å². The Balaban J connectivity index is 2.35. The largest absolute Gasteiger partial charge is 0.465 e. The number of hydrogen-bond acceptors (Lipinski definition) is 4. The third-order valence-corrected chi connectivity index (χ3v) is 2.78. The predicted molar refractivity (Wildman–Crippen MR) is 82.2 cm³/mol. The number of methoxy groups -OCH3 is 1. The molecule has 0 spiro atoms. The van der Waals surface area contributed by atoms with Gasteiger partial charge in [0.1, 0.15) is 0 Å². The molecule has 0 fully saturated rings. The molecule has 3 N–H and O–H groups in total. The molecule has 0 saturated carbocycles. The van der Waals surface area contributed by atoms with Crippen LogP contribution >= 0.6 is 0 Å². The molecule has 116 valence electrons. The van der Waals surface area contributed by atoms with Gasteiger partial charge in [-0.05, 0) is 31.0 Å². The molecule has 0 bridgehead atoms. The SMILES string of the molecule is CCOCCCNC(N)=NCc1ccc(C(=O)OC)cc1. The van der Waals surface area contributed by atoms with Gasteiger partial charge in [0, 0.05) is 19.8 Å². The fourth-order valence-corrected chi connectivity index (χ4v) is 1.63. The highest BCUT2D eigenvalue weighted by Gasteiger charge is 2.03. The Hall–Kier alpha value is -2.08. The number of esters is 1. The van der Waals surface area contributed by atoms with Gasteiger partial charge >= 0.3 is 5.97 Å². The van der Waals surface area contributed by atoms with E-state index in [4.69, 9.17) is 10.5 Å². The third kappa shape index (κ3) is 6.76. The van der Waals surface area contributed by atoms with E-state index < -0.39 is 0 Å². The Morgan fingerprint density at radius 3 is 2.67 bits per heavy atom. The summed E-state index contributed by atoms with van der Waals surface area (Å²) >= 11 is 0. The minimum Gasteiger partial charge on any atom is -0.465 e. The molecule has 1 aromatic rings. The van der Waals surface area contributed by atoms with E-state index in [9.17, 15) is 4.79 Å². The molecular formula is C15H23N3O3. The number of carbonyl (C=O) groups is 1.